The lowest BCUT2D eigenvalue weighted by Gasteiger charge is -2.06. The van der Waals surface area contributed by atoms with Crippen LogP contribution in [0.4, 0.5) is 4.39 Å². The van der Waals surface area contributed by atoms with E-state index in [-0.39, 0.29) is 5.82 Å². The number of hydrogen-bond donors (Lipinski definition) is 0. The van der Waals surface area contributed by atoms with Gasteiger partial charge in [-0.1, -0.05) is 47.6 Å². The maximum atomic E-state index is 12.8. The second-order valence-electron chi connectivity index (χ2n) is 3.89. The lowest BCUT2D eigenvalue weighted by Crippen LogP contribution is -2.06. The van der Waals surface area contributed by atoms with Gasteiger partial charge in [0.15, 0.2) is 0 Å². The molecule has 0 aliphatic heterocycles. The molecule has 0 atom stereocenters. The second-order valence-corrected chi connectivity index (χ2v) is 3.89. The molecule has 0 aromatic heterocycles. The van der Waals surface area contributed by atoms with E-state index in [1.165, 1.54) is 19.2 Å². The first kappa shape index (κ1) is 12.3. The van der Waals surface area contributed by atoms with Gasteiger partial charge in [0.25, 0.3) is 0 Å². The van der Waals surface area contributed by atoms with E-state index in [4.69, 9.17) is 4.84 Å². The van der Waals surface area contributed by atoms with Crippen molar-refractivity contribution in [1.82, 2.24) is 0 Å². The van der Waals surface area contributed by atoms with E-state index in [0.717, 1.165) is 16.8 Å². The van der Waals surface area contributed by atoms with Crippen LogP contribution in [0.15, 0.2) is 59.8 Å². The summed E-state index contributed by atoms with van der Waals surface area (Å²) in [4.78, 5) is 4.87. The third kappa shape index (κ3) is 3.17. The van der Waals surface area contributed by atoms with Gasteiger partial charge in [-0.25, -0.2) is 4.39 Å². The maximum absolute atomic E-state index is 12.8. The van der Waals surface area contributed by atoms with Gasteiger partial charge in [0, 0.05) is 6.42 Å². The average Bonchev–Trinajstić information content (AvgIpc) is 2.42. The van der Waals surface area contributed by atoms with Gasteiger partial charge >= 0.3 is 0 Å². The summed E-state index contributed by atoms with van der Waals surface area (Å²) >= 11 is 0. The molecule has 2 rings (SSSR count). The predicted octanol–water partition coefficient (Wildman–Crippen LogP) is 3.42. The molecule has 92 valence electrons. The molecule has 2 nitrogen and oxygen atoms in total. The number of nitrogens with zero attached hydrogens (tertiary/aromatic N) is 1. The molecular formula is C15H14FNO. The van der Waals surface area contributed by atoms with E-state index in [9.17, 15) is 4.39 Å². The highest BCUT2D eigenvalue weighted by molar-refractivity contribution is 6.01. The lowest BCUT2D eigenvalue weighted by molar-refractivity contribution is 0.213. The minimum atomic E-state index is -0.233. The topological polar surface area (TPSA) is 21.6 Å². The standard InChI is InChI=1S/C15H14FNO/c1-18-17-15(13-5-3-2-4-6-13)11-12-7-9-14(16)10-8-12/h2-10H,11H2,1H3. The van der Waals surface area contributed by atoms with Crippen LogP contribution in [-0.2, 0) is 11.3 Å². The van der Waals surface area contributed by atoms with Crippen molar-refractivity contribution in [3.05, 3.63) is 71.5 Å². The van der Waals surface area contributed by atoms with Crippen LogP contribution in [0.5, 0.6) is 0 Å². The van der Waals surface area contributed by atoms with E-state index < -0.39 is 0 Å². The fraction of sp³-hybridized carbons (Fsp3) is 0.133. The van der Waals surface area contributed by atoms with Crippen LogP contribution in [-0.4, -0.2) is 12.8 Å². The van der Waals surface area contributed by atoms with Gasteiger partial charge in [-0.2, -0.15) is 0 Å². The first-order valence-corrected chi connectivity index (χ1v) is 5.69. The number of hydrogen-bond acceptors (Lipinski definition) is 2. The summed E-state index contributed by atoms with van der Waals surface area (Å²) in [7, 11) is 1.52. The summed E-state index contributed by atoms with van der Waals surface area (Å²) in [5.41, 5.74) is 2.82. The molecule has 0 saturated heterocycles. The molecule has 0 aliphatic carbocycles. The van der Waals surface area contributed by atoms with Crippen molar-refractivity contribution in [2.45, 2.75) is 6.42 Å². The summed E-state index contributed by atoms with van der Waals surface area (Å²) < 4.78 is 12.8. The molecule has 0 heterocycles. The number of rotatable bonds is 4. The van der Waals surface area contributed by atoms with Crippen molar-refractivity contribution in [2.24, 2.45) is 5.16 Å². The van der Waals surface area contributed by atoms with Crippen molar-refractivity contribution < 1.29 is 9.23 Å². The molecular weight excluding hydrogens is 229 g/mol. The zero-order chi connectivity index (χ0) is 12.8. The Balaban J connectivity index is 2.22. The normalized spacial score (nSPS) is 11.3. The maximum Gasteiger partial charge on any atom is 0.123 e. The van der Waals surface area contributed by atoms with Gasteiger partial charge in [0.2, 0.25) is 0 Å². The Morgan fingerprint density at radius 1 is 1.06 bits per heavy atom. The minimum absolute atomic E-state index is 0.233. The highest BCUT2D eigenvalue weighted by Gasteiger charge is 2.05. The van der Waals surface area contributed by atoms with Crippen LogP contribution in [0, 0.1) is 5.82 Å². The van der Waals surface area contributed by atoms with Crippen molar-refractivity contribution >= 4 is 5.71 Å². The molecule has 0 amide bonds. The monoisotopic (exact) mass is 243 g/mol. The van der Waals surface area contributed by atoms with Gasteiger partial charge in [-0.05, 0) is 23.3 Å². The van der Waals surface area contributed by atoms with E-state index in [1.807, 2.05) is 30.3 Å². The van der Waals surface area contributed by atoms with E-state index >= 15 is 0 Å². The molecule has 0 radical (unpaired) electrons. The Hall–Kier alpha value is -2.16. The summed E-state index contributed by atoms with van der Waals surface area (Å²) in [5, 5.41) is 4.04. The third-order valence-corrected chi connectivity index (χ3v) is 2.59. The third-order valence-electron chi connectivity index (χ3n) is 2.59. The van der Waals surface area contributed by atoms with Crippen LogP contribution in [0.25, 0.3) is 0 Å². The molecule has 0 bridgehead atoms. The fourth-order valence-electron chi connectivity index (χ4n) is 1.72. The van der Waals surface area contributed by atoms with E-state index in [0.29, 0.717) is 6.42 Å². The van der Waals surface area contributed by atoms with Crippen LogP contribution in [0.2, 0.25) is 0 Å². The Morgan fingerprint density at radius 3 is 2.33 bits per heavy atom. The van der Waals surface area contributed by atoms with Gasteiger partial charge < -0.3 is 4.84 Å². The Morgan fingerprint density at radius 2 is 1.72 bits per heavy atom. The quantitative estimate of drug-likeness (QED) is 0.595. The van der Waals surface area contributed by atoms with Crippen LogP contribution >= 0.6 is 0 Å². The average molecular weight is 243 g/mol. The molecule has 0 saturated carbocycles. The van der Waals surface area contributed by atoms with Crippen molar-refractivity contribution in [1.29, 1.82) is 0 Å². The van der Waals surface area contributed by atoms with Gasteiger partial charge in [0.1, 0.15) is 12.9 Å². The Kier molecular flexibility index (Phi) is 4.07. The van der Waals surface area contributed by atoms with Crippen LogP contribution in [0.1, 0.15) is 11.1 Å². The zero-order valence-electron chi connectivity index (χ0n) is 10.1. The van der Waals surface area contributed by atoms with Crippen molar-refractivity contribution in [2.75, 3.05) is 7.11 Å². The molecule has 18 heavy (non-hydrogen) atoms. The number of oxime groups is 1. The second kappa shape index (κ2) is 5.96. The molecule has 2 aromatic rings. The van der Waals surface area contributed by atoms with Crippen molar-refractivity contribution in [3.8, 4) is 0 Å². The lowest BCUT2D eigenvalue weighted by atomic mass is 10.0. The molecule has 0 spiro atoms. The molecule has 0 unspecified atom stereocenters. The highest BCUT2D eigenvalue weighted by atomic mass is 19.1. The van der Waals surface area contributed by atoms with E-state index in [1.54, 1.807) is 12.1 Å². The minimum Gasteiger partial charge on any atom is -0.399 e. The number of benzene rings is 2. The smallest absolute Gasteiger partial charge is 0.123 e. The van der Waals surface area contributed by atoms with Crippen LogP contribution in [0.3, 0.4) is 0 Å². The first-order valence-electron chi connectivity index (χ1n) is 5.69. The van der Waals surface area contributed by atoms with Gasteiger partial charge in [0.05, 0.1) is 5.71 Å². The Bertz CT molecular complexity index is 520. The van der Waals surface area contributed by atoms with E-state index in [2.05, 4.69) is 5.16 Å². The van der Waals surface area contributed by atoms with Gasteiger partial charge in [-0.15, -0.1) is 0 Å². The largest absolute Gasteiger partial charge is 0.399 e. The first-order chi connectivity index (χ1) is 8.79. The molecule has 0 N–H and O–H groups in total. The summed E-state index contributed by atoms with van der Waals surface area (Å²) in [6, 6.07) is 16.2. The number of halogens is 1. The molecule has 2 aromatic carbocycles. The predicted molar refractivity (Wildman–Crippen MR) is 70.1 cm³/mol. The SMILES string of the molecule is CON=C(Cc1ccc(F)cc1)c1ccccc1. The summed E-state index contributed by atoms with van der Waals surface area (Å²) in [6.45, 7) is 0. The van der Waals surface area contributed by atoms with Gasteiger partial charge in [-0.3, -0.25) is 0 Å². The molecule has 3 heteroatoms. The summed E-state index contributed by atoms with van der Waals surface area (Å²) in [5.74, 6) is -0.233. The fourth-order valence-corrected chi connectivity index (χ4v) is 1.72. The van der Waals surface area contributed by atoms with Crippen molar-refractivity contribution in [3.63, 3.8) is 0 Å². The highest BCUT2D eigenvalue weighted by Crippen LogP contribution is 2.10. The summed E-state index contributed by atoms with van der Waals surface area (Å²) in [6.07, 6.45) is 0.609. The van der Waals surface area contributed by atoms with Crippen LogP contribution < -0.4 is 0 Å². The Labute approximate surface area is 106 Å². The molecule has 0 aliphatic rings. The zero-order valence-corrected chi connectivity index (χ0v) is 10.1. The molecule has 0 fully saturated rings.